The molecule has 5 rings (SSSR count). The molecule has 0 amide bonds. The number of nitrogens with one attached hydrogen (secondary N) is 2. The Balaban J connectivity index is 0.00000233. The Morgan fingerprint density at radius 1 is 1.02 bits per heavy atom. The molecule has 7 nitrogen and oxygen atoms in total. The van der Waals surface area contributed by atoms with Crippen LogP contribution in [0.2, 0.25) is 0 Å². The smallest absolute Gasteiger partial charge is 0.0693 e. The highest BCUT2D eigenvalue weighted by Crippen LogP contribution is 2.40. The maximum absolute atomic E-state index is 4.74. The van der Waals surface area contributed by atoms with Gasteiger partial charge in [0.25, 0.3) is 0 Å². The van der Waals surface area contributed by atoms with Crippen LogP contribution < -0.4 is 15.5 Å². The van der Waals surface area contributed by atoms with E-state index in [4.69, 9.17) is 6.58 Å². The van der Waals surface area contributed by atoms with E-state index in [-0.39, 0.29) is 12.1 Å². The summed E-state index contributed by atoms with van der Waals surface area (Å²) in [4.78, 5) is 14.0. The summed E-state index contributed by atoms with van der Waals surface area (Å²) in [6.45, 7) is 46.6. The van der Waals surface area contributed by atoms with Crippen molar-refractivity contribution in [3.05, 3.63) is 143 Å². The third kappa shape index (κ3) is 11.9. The van der Waals surface area contributed by atoms with Crippen molar-refractivity contribution in [3.8, 4) is 0 Å². The van der Waals surface area contributed by atoms with Gasteiger partial charge in [-0.25, -0.2) is 0 Å². The van der Waals surface area contributed by atoms with Gasteiger partial charge >= 0.3 is 0 Å². The molecule has 0 bridgehead atoms. The maximum Gasteiger partial charge on any atom is 0.0693 e. The van der Waals surface area contributed by atoms with Gasteiger partial charge in [-0.05, 0) is 119 Å². The predicted octanol–water partition coefficient (Wildman–Crippen LogP) is 12.1. The summed E-state index contributed by atoms with van der Waals surface area (Å²) in [5, 5.41) is 6.76. The van der Waals surface area contributed by atoms with E-state index in [9.17, 15) is 0 Å². The Morgan fingerprint density at radius 3 is 2.30 bits per heavy atom. The van der Waals surface area contributed by atoms with Gasteiger partial charge in [0.1, 0.15) is 0 Å². The molecule has 328 valence electrons. The van der Waals surface area contributed by atoms with Gasteiger partial charge in [0, 0.05) is 99.0 Å². The number of likely N-dealkylation sites (N-methyl/N-ethyl adjacent to an activating group) is 1. The van der Waals surface area contributed by atoms with E-state index >= 15 is 0 Å². The largest absolute Gasteiger partial charge is 0.391 e. The third-order valence-corrected chi connectivity index (χ3v) is 12.7. The van der Waals surface area contributed by atoms with Crippen molar-refractivity contribution in [2.75, 3.05) is 45.2 Å². The number of anilines is 1. The maximum atomic E-state index is 4.74. The molecule has 3 aliphatic heterocycles. The van der Waals surface area contributed by atoms with Crippen molar-refractivity contribution < 1.29 is 0 Å². The molecule has 7 heteroatoms. The van der Waals surface area contributed by atoms with Gasteiger partial charge in [-0.3, -0.25) is 0 Å². The van der Waals surface area contributed by atoms with E-state index in [0.29, 0.717) is 6.04 Å². The molecule has 0 saturated carbocycles. The van der Waals surface area contributed by atoms with E-state index in [0.717, 1.165) is 107 Å². The van der Waals surface area contributed by atoms with Gasteiger partial charge in [0.15, 0.2) is 0 Å². The van der Waals surface area contributed by atoms with Crippen LogP contribution >= 0.6 is 0 Å². The molecule has 2 saturated heterocycles. The van der Waals surface area contributed by atoms with Crippen LogP contribution in [-0.4, -0.2) is 79.8 Å². The summed E-state index contributed by atoms with van der Waals surface area (Å²) in [5.41, 5.74) is 16.3. The highest BCUT2D eigenvalue weighted by atomic mass is 15.2. The minimum absolute atomic E-state index is 0.246. The molecule has 0 aromatic heterocycles. The first kappa shape index (κ1) is 49.5. The zero-order chi connectivity index (χ0) is 44.5. The van der Waals surface area contributed by atoms with Crippen molar-refractivity contribution in [1.29, 1.82) is 0 Å². The number of hydrogen-bond donors (Lipinski definition) is 2. The fourth-order valence-electron chi connectivity index (χ4n) is 9.04. The van der Waals surface area contributed by atoms with E-state index in [1.165, 1.54) is 50.4 Å². The van der Waals surface area contributed by atoms with Crippen molar-refractivity contribution >= 4 is 18.1 Å². The number of benzene rings is 1. The zero-order valence-corrected chi connectivity index (χ0v) is 39.5. The average molecular weight is 816 g/mol. The summed E-state index contributed by atoms with van der Waals surface area (Å²) < 4.78 is 0. The molecule has 2 N–H and O–H groups in total. The number of aliphatic imine (C=N–C) groups is 1. The first-order chi connectivity index (χ1) is 28.9. The number of rotatable bonds is 17. The first-order valence-electron chi connectivity index (χ1n) is 22.8. The van der Waals surface area contributed by atoms with Gasteiger partial charge in [0.2, 0.25) is 0 Å². The van der Waals surface area contributed by atoms with Gasteiger partial charge < -0.3 is 35.2 Å². The molecule has 1 aliphatic carbocycles. The van der Waals surface area contributed by atoms with E-state index < -0.39 is 0 Å². The predicted molar refractivity (Wildman–Crippen MR) is 265 cm³/mol. The molecule has 3 heterocycles. The fourth-order valence-corrected chi connectivity index (χ4v) is 9.04. The summed E-state index contributed by atoms with van der Waals surface area (Å²) in [6.07, 6.45) is 19.0. The summed E-state index contributed by atoms with van der Waals surface area (Å²) >= 11 is 0. The van der Waals surface area contributed by atoms with E-state index in [1.807, 2.05) is 27.7 Å². The van der Waals surface area contributed by atoms with Crippen LogP contribution in [0.4, 0.5) is 5.69 Å². The lowest BCUT2D eigenvalue weighted by molar-refractivity contribution is 0.245. The zero-order valence-electron chi connectivity index (χ0n) is 39.5. The second-order valence-electron chi connectivity index (χ2n) is 15.9. The van der Waals surface area contributed by atoms with Crippen LogP contribution in [0.25, 0.3) is 5.70 Å². The van der Waals surface area contributed by atoms with Crippen LogP contribution in [0.1, 0.15) is 118 Å². The van der Waals surface area contributed by atoms with Crippen LogP contribution in [0.3, 0.4) is 0 Å². The van der Waals surface area contributed by atoms with Crippen LogP contribution in [0.5, 0.6) is 0 Å². The second-order valence-corrected chi connectivity index (χ2v) is 15.9. The summed E-state index contributed by atoms with van der Waals surface area (Å²) in [5.74, 6) is 0. The Bertz CT molecular complexity index is 1840. The van der Waals surface area contributed by atoms with Gasteiger partial charge in [-0.1, -0.05) is 103 Å². The summed E-state index contributed by atoms with van der Waals surface area (Å²) in [7, 11) is 4.52. The molecule has 1 aromatic rings. The molecule has 4 aliphatic rings. The molecule has 2 unspecified atom stereocenters. The van der Waals surface area contributed by atoms with Crippen molar-refractivity contribution in [2.24, 2.45) is 4.99 Å². The Kier molecular flexibility index (Phi) is 20.1. The Morgan fingerprint density at radius 2 is 1.72 bits per heavy atom. The normalized spacial score (nSPS) is 19.9. The molecule has 2 fully saturated rings. The highest BCUT2D eigenvalue weighted by molar-refractivity contribution is 5.72. The molecule has 0 radical (unpaired) electrons. The third-order valence-electron chi connectivity index (χ3n) is 12.7. The van der Waals surface area contributed by atoms with E-state index in [2.05, 4.69) is 153 Å². The topological polar surface area (TPSA) is 49.4 Å². The quantitative estimate of drug-likeness (QED) is 0.0928. The second kappa shape index (κ2) is 24.4. The number of hydrogen-bond acceptors (Lipinski definition) is 7. The standard InChI is InChI=1S/C49H69N7.2C2H6/c1-13-45(36(6)34(4)24-28-50-10)40-17-19-42(20-18-40)53(11)38(8)46(14-2)49(25-29-51-15-3)54(12)43-26-30-55(31-27-43)44-21-22-47-39(9)56(33-41(47)32-44)48-23-16-35(5)52-37(48)7;2*1-2/h13,15,17-19,21-22,32,42-43,48,51-52H,3,5,7-10,14,16,20,23-31,33H2,1-2,4,6,11-12H3;2*1-2H3/b36-34+,45-13+,49-46-;;. The van der Waals surface area contributed by atoms with E-state index in [1.54, 1.807) is 6.20 Å². The number of nitrogens with zero attached hydrogens (tertiary/aromatic N) is 5. The average Bonchev–Trinajstić information content (AvgIpc) is 3.61. The molecule has 60 heavy (non-hydrogen) atoms. The molecular formula is C53H81N7. The fraction of sp³-hybridized carbons (Fsp3) is 0.491. The summed E-state index contributed by atoms with van der Waals surface area (Å²) in [6, 6.07) is 7.93. The lowest BCUT2D eigenvalue weighted by atomic mass is 9.89. The molecule has 1 aromatic carbocycles. The van der Waals surface area contributed by atoms with Crippen molar-refractivity contribution in [1.82, 2.24) is 25.3 Å². The van der Waals surface area contributed by atoms with Crippen LogP contribution in [0.15, 0.2) is 137 Å². The molecule has 2 atom stereocenters. The van der Waals surface area contributed by atoms with Crippen LogP contribution in [-0.2, 0) is 6.54 Å². The first-order valence-corrected chi connectivity index (χ1v) is 22.8. The number of piperidine rings is 2. The van der Waals surface area contributed by atoms with Gasteiger partial charge in [0.05, 0.1) is 12.1 Å². The minimum Gasteiger partial charge on any atom is -0.391 e. The lowest BCUT2D eigenvalue weighted by Gasteiger charge is -2.41. The Hall–Kier alpha value is -4.91. The van der Waals surface area contributed by atoms with Crippen molar-refractivity contribution in [2.45, 2.75) is 131 Å². The monoisotopic (exact) mass is 816 g/mol. The van der Waals surface area contributed by atoms with Gasteiger partial charge in [-0.15, -0.1) is 0 Å². The number of allylic oxidation sites excluding steroid dienone is 7. The molecular weight excluding hydrogens is 735 g/mol. The highest BCUT2D eigenvalue weighted by Gasteiger charge is 2.33. The Labute approximate surface area is 367 Å². The van der Waals surface area contributed by atoms with Crippen LogP contribution in [0, 0.1) is 0 Å². The minimum atomic E-state index is 0.246. The number of fused-ring (bicyclic) bond motifs is 1. The van der Waals surface area contributed by atoms with Gasteiger partial charge in [-0.2, -0.15) is 0 Å². The van der Waals surface area contributed by atoms with Crippen molar-refractivity contribution in [3.63, 3.8) is 0 Å². The molecule has 0 spiro atoms. The lowest BCUT2D eigenvalue weighted by Crippen LogP contribution is -2.44. The SMILES string of the molecule is C=CNCC/C(=C(\CC)C(=C)N(C)C1C=CC(C(=C/C)/C(C)=C(\C)CCN=C)=CC1)N(C)C1CCN(c2ccc3c(c2)CN(C2CCC(=C)NC2=C)C3=C)CC1.CC.CC.